The second-order valence-corrected chi connectivity index (χ2v) is 8.90. The van der Waals surface area contributed by atoms with Crippen LogP contribution in [0.2, 0.25) is 0 Å². The minimum atomic E-state index is -3.20. The number of hydrogen-bond acceptors (Lipinski definition) is 4. The summed E-state index contributed by atoms with van der Waals surface area (Å²) < 4.78 is 30.7. The van der Waals surface area contributed by atoms with E-state index in [9.17, 15) is 13.2 Å². The molecule has 0 radical (unpaired) electrons. The molecule has 144 valence electrons. The van der Waals surface area contributed by atoms with Gasteiger partial charge >= 0.3 is 6.03 Å². The normalized spacial score (nSPS) is 23.0. The summed E-state index contributed by atoms with van der Waals surface area (Å²) in [5, 5.41) is 3.09. The second kappa shape index (κ2) is 8.26. The number of rotatable bonds is 5. The number of piperidine rings is 1. The van der Waals surface area contributed by atoms with Crippen LogP contribution >= 0.6 is 0 Å². The van der Waals surface area contributed by atoms with Gasteiger partial charge in [-0.2, -0.15) is 0 Å². The van der Waals surface area contributed by atoms with Crippen molar-refractivity contribution in [3.63, 3.8) is 0 Å². The summed E-state index contributed by atoms with van der Waals surface area (Å²) in [7, 11) is -3.20. The van der Waals surface area contributed by atoms with E-state index in [4.69, 9.17) is 4.74 Å². The Balaban J connectivity index is 1.55. The minimum Gasteiger partial charge on any atom is -0.491 e. The van der Waals surface area contributed by atoms with Crippen LogP contribution in [0.4, 0.5) is 4.79 Å². The molecule has 3 rings (SSSR count). The predicted molar refractivity (Wildman–Crippen MR) is 99.8 cm³/mol. The van der Waals surface area contributed by atoms with E-state index in [0.29, 0.717) is 26.1 Å². The molecule has 0 aliphatic carbocycles. The molecule has 0 spiro atoms. The number of carbonyl (C=O) groups excluding carboxylic acids is 1. The maximum atomic E-state index is 12.8. The molecule has 0 unspecified atom stereocenters. The van der Waals surface area contributed by atoms with Crippen molar-refractivity contribution in [3.8, 4) is 5.75 Å². The number of amides is 2. The molecule has 2 aliphatic heterocycles. The molecule has 0 aromatic heterocycles. The summed E-state index contributed by atoms with van der Waals surface area (Å²) in [5.74, 6) is 0.890. The molecule has 1 aromatic carbocycles. The zero-order valence-corrected chi connectivity index (χ0v) is 15.9. The SMILES string of the molecule is CS(=O)(=O)NCC[C@H]1CCCCN1C(=O)N[C@@H]1COc2ccccc2C1. The number of hydrogen-bond donors (Lipinski definition) is 2. The van der Waals surface area contributed by atoms with Crippen molar-refractivity contribution >= 4 is 16.1 Å². The lowest BCUT2D eigenvalue weighted by atomic mass is 9.99. The molecule has 2 aliphatic rings. The fourth-order valence-corrected chi connectivity index (χ4v) is 4.15. The predicted octanol–water partition coefficient (Wildman–Crippen LogP) is 1.49. The third-order valence-corrected chi connectivity index (χ3v) is 5.66. The lowest BCUT2D eigenvalue weighted by Crippen LogP contribution is -2.54. The maximum Gasteiger partial charge on any atom is 0.317 e. The van der Waals surface area contributed by atoms with Crippen molar-refractivity contribution in [3.05, 3.63) is 29.8 Å². The van der Waals surface area contributed by atoms with Crippen LogP contribution in [0.1, 0.15) is 31.2 Å². The van der Waals surface area contributed by atoms with E-state index in [0.717, 1.165) is 43.3 Å². The molecule has 2 N–H and O–H groups in total. The molecule has 0 saturated carbocycles. The molecule has 1 fully saturated rings. The van der Waals surface area contributed by atoms with Crippen molar-refractivity contribution in [1.29, 1.82) is 0 Å². The topological polar surface area (TPSA) is 87.7 Å². The lowest BCUT2D eigenvalue weighted by molar-refractivity contribution is 0.138. The van der Waals surface area contributed by atoms with Crippen molar-refractivity contribution in [2.24, 2.45) is 0 Å². The zero-order chi connectivity index (χ0) is 18.6. The minimum absolute atomic E-state index is 0.0471. The summed E-state index contributed by atoms with van der Waals surface area (Å²) >= 11 is 0. The van der Waals surface area contributed by atoms with Gasteiger partial charge in [-0.25, -0.2) is 17.9 Å². The third kappa shape index (κ3) is 5.11. The van der Waals surface area contributed by atoms with E-state index >= 15 is 0 Å². The Morgan fingerprint density at radius 3 is 2.92 bits per heavy atom. The Morgan fingerprint density at radius 1 is 1.31 bits per heavy atom. The number of fused-ring (bicyclic) bond motifs is 1. The van der Waals surface area contributed by atoms with E-state index in [2.05, 4.69) is 10.0 Å². The molecule has 2 amide bonds. The van der Waals surface area contributed by atoms with E-state index in [1.807, 2.05) is 29.2 Å². The van der Waals surface area contributed by atoms with Gasteiger partial charge in [0.05, 0.1) is 12.3 Å². The van der Waals surface area contributed by atoms with Gasteiger partial charge in [0, 0.05) is 19.1 Å². The number of para-hydroxylation sites is 1. The highest BCUT2D eigenvalue weighted by atomic mass is 32.2. The molecule has 2 atom stereocenters. The van der Waals surface area contributed by atoms with Gasteiger partial charge in [0.25, 0.3) is 0 Å². The van der Waals surface area contributed by atoms with Crippen LogP contribution in [-0.2, 0) is 16.4 Å². The largest absolute Gasteiger partial charge is 0.491 e. The molecule has 1 aromatic rings. The number of sulfonamides is 1. The third-order valence-electron chi connectivity index (χ3n) is 4.94. The Hall–Kier alpha value is -1.80. The standard InChI is InChI=1S/C18H27N3O4S/c1-26(23,24)19-10-9-16-7-4-5-11-21(16)18(22)20-15-12-14-6-2-3-8-17(14)25-13-15/h2-3,6,8,15-16,19H,4-5,7,9-13H2,1H3,(H,20,22)/t15-,16+/m0/s1. The van der Waals surface area contributed by atoms with Crippen molar-refractivity contribution < 1.29 is 17.9 Å². The molecule has 0 bridgehead atoms. The van der Waals surface area contributed by atoms with Crippen LogP contribution in [0.15, 0.2) is 24.3 Å². The monoisotopic (exact) mass is 381 g/mol. The first-order valence-electron chi connectivity index (χ1n) is 9.15. The summed E-state index contributed by atoms with van der Waals surface area (Å²) in [5.41, 5.74) is 1.11. The summed E-state index contributed by atoms with van der Waals surface area (Å²) in [6, 6.07) is 7.82. The van der Waals surface area contributed by atoms with Crippen LogP contribution in [0.25, 0.3) is 0 Å². The zero-order valence-electron chi connectivity index (χ0n) is 15.1. The van der Waals surface area contributed by atoms with Gasteiger partial charge < -0.3 is 15.0 Å². The first-order valence-corrected chi connectivity index (χ1v) is 11.0. The fraction of sp³-hybridized carbons (Fsp3) is 0.611. The molecular weight excluding hydrogens is 354 g/mol. The van der Waals surface area contributed by atoms with Gasteiger partial charge in [-0.1, -0.05) is 18.2 Å². The van der Waals surface area contributed by atoms with Crippen molar-refractivity contribution in [2.75, 3.05) is 26.0 Å². The molecule has 7 nitrogen and oxygen atoms in total. The Morgan fingerprint density at radius 2 is 2.12 bits per heavy atom. The van der Waals surface area contributed by atoms with Crippen LogP contribution in [0.3, 0.4) is 0 Å². The second-order valence-electron chi connectivity index (χ2n) is 7.07. The molecule has 26 heavy (non-hydrogen) atoms. The highest BCUT2D eigenvalue weighted by molar-refractivity contribution is 7.88. The van der Waals surface area contributed by atoms with Crippen LogP contribution in [0, 0.1) is 0 Å². The van der Waals surface area contributed by atoms with Gasteiger partial charge in [-0.15, -0.1) is 0 Å². The number of nitrogens with zero attached hydrogens (tertiary/aromatic N) is 1. The van der Waals surface area contributed by atoms with Gasteiger partial charge in [0.2, 0.25) is 10.0 Å². The first-order chi connectivity index (χ1) is 12.4. The molecule has 2 heterocycles. The number of carbonyl (C=O) groups is 1. The maximum absolute atomic E-state index is 12.8. The Labute approximate surface area is 155 Å². The Kier molecular flexibility index (Phi) is 6.03. The summed E-state index contributed by atoms with van der Waals surface area (Å²) in [6.45, 7) is 1.53. The number of benzene rings is 1. The smallest absolute Gasteiger partial charge is 0.317 e. The quantitative estimate of drug-likeness (QED) is 0.809. The van der Waals surface area contributed by atoms with Crippen molar-refractivity contribution in [2.45, 2.75) is 44.2 Å². The van der Waals surface area contributed by atoms with Gasteiger partial charge in [0.15, 0.2) is 0 Å². The molecular formula is C18H27N3O4S. The number of likely N-dealkylation sites (tertiary alicyclic amines) is 1. The number of nitrogens with one attached hydrogen (secondary N) is 2. The van der Waals surface area contributed by atoms with Crippen LogP contribution in [-0.4, -0.2) is 57.4 Å². The Bertz CT molecular complexity index is 738. The highest BCUT2D eigenvalue weighted by Crippen LogP contribution is 2.25. The van der Waals surface area contributed by atoms with Crippen LogP contribution < -0.4 is 14.8 Å². The number of ether oxygens (including phenoxy) is 1. The highest BCUT2D eigenvalue weighted by Gasteiger charge is 2.29. The number of urea groups is 1. The molecule has 8 heteroatoms. The summed E-state index contributed by atoms with van der Waals surface area (Å²) in [6.07, 6.45) is 5.49. The molecule has 1 saturated heterocycles. The average Bonchev–Trinajstić information content (AvgIpc) is 2.61. The summed E-state index contributed by atoms with van der Waals surface area (Å²) in [4.78, 5) is 14.6. The van der Waals surface area contributed by atoms with Gasteiger partial charge in [-0.3, -0.25) is 0 Å². The average molecular weight is 381 g/mol. The van der Waals surface area contributed by atoms with E-state index in [-0.39, 0.29) is 18.1 Å². The van der Waals surface area contributed by atoms with Gasteiger partial charge in [0.1, 0.15) is 12.4 Å². The van der Waals surface area contributed by atoms with Gasteiger partial charge in [-0.05, 0) is 43.7 Å². The van der Waals surface area contributed by atoms with E-state index in [1.54, 1.807) is 0 Å². The fourth-order valence-electron chi connectivity index (χ4n) is 3.66. The van der Waals surface area contributed by atoms with Crippen molar-refractivity contribution in [1.82, 2.24) is 14.9 Å². The van der Waals surface area contributed by atoms with Crippen LogP contribution in [0.5, 0.6) is 5.75 Å². The lowest BCUT2D eigenvalue weighted by Gasteiger charge is -2.37. The van der Waals surface area contributed by atoms with E-state index in [1.165, 1.54) is 0 Å². The van der Waals surface area contributed by atoms with E-state index < -0.39 is 10.0 Å². The first kappa shape index (κ1) is 19.0.